The van der Waals surface area contributed by atoms with Crippen molar-refractivity contribution in [1.82, 2.24) is 5.32 Å². The molecule has 0 bridgehead atoms. The van der Waals surface area contributed by atoms with Crippen LogP contribution >= 0.6 is 0 Å². The minimum atomic E-state index is 0.263. The largest absolute Gasteiger partial charge is 0.364 e. The Morgan fingerprint density at radius 2 is 2.07 bits per heavy atom. The molecule has 1 aliphatic heterocycles. The van der Waals surface area contributed by atoms with Crippen LogP contribution in [0.1, 0.15) is 20.3 Å². The van der Waals surface area contributed by atoms with Crippen LogP contribution < -0.4 is 10.2 Å². The molecule has 0 amide bonds. The smallest absolute Gasteiger partial charge is 0.0496 e. The van der Waals surface area contributed by atoms with E-state index >= 15 is 0 Å². The summed E-state index contributed by atoms with van der Waals surface area (Å²) in [5.41, 5.74) is 1.61. The van der Waals surface area contributed by atoms with Gasteiger partial charge in [0.2, 0.25) is 0 Å². The van der Waals surface area contributed by atoms with E-state index in [0.717, 1.165) is 19.6 Å². The number of benzene rings is 1. The first kappa shape index (κ1) is 10.5. The standard InChI is InChI=1S/C13H20N2/c1-3-13(2)11-14-9-10-15(13)12-7-5-4-6-8-12/h4-8,14H,3,9-11H2,1-2H3. The molecule has 2 rings (SSSR count). The van der Waals surface area contributed by atoms with Gasteiger partial charge in [0.05, 0.1) is 0 Å². The molecule has 2 nitrogen and oxygen atoms in total. The van der Waals surface area contributed by atoms with E-state index in [0.29, 0.717) is 0 Å². The minimum absolute atomic E-state index is 0.263. The van der Waals surface area contributed by atoms with Crippen LogP contribution in [0.2, 0.25) is 0 Å². The lowest BCUT2D eigenvalue weighted by atomic mass is 9.93. The summed E-state index contributed by atoms with van der Waals surface area (Å²) in [5, 5.41) is 3.48. The second-order valence-electron chi connectivity index (χ2n) is 4.51. The molecule has 1 atom stereocenters. The third-order valence-corrected chi connectivity index (χ3v) is 3.50. The quantitative estimate of drug-likeness (QED) is 0.795. The second kappa shape index (κ2) is 4.23. The predicted octanol–water partition coefficient (Wildman–Crippen LogP) is 2.26. The van der Waals surface area contributed by atoms with Gasteiger partial charge in [-0.25, -0.2) is 0 Å². The van der Waals surface area contributed by atoms with Gasteiger partial charge in [-0.3, -0.25) is 0 Å². The Labute approximate surface area is 92.3 Å². The lowest BCUT2D eigenvalue weighted by Crippen LogP contribution is -2.59. The number of piperazine rings is 1. The molecule has 0 aromatic heterocycles. The Kier molecular flexibility index (Phi) is 2.96. The van der Waals surface area contributed by atoms with Crippen LogP contribution in [0, 0.1) is 0 Å². The summed E-state index contributed by atoms with van der Waals surface area (Å²) in [5.74, 6) is 0. The highest BCUT2D eigenvalue weighted by Crippen LogP contribution is 2.27. The molecule has 82 valence electrons. The summed E-state index contributed by atoms with van der Waals surface area (Å²) in [4.78, 5) is 2.53. The maximum absolute atomic E-state index is 3.48. The average Bonchev–Trinajstić information content (AvgIpc) is 2.31. The average molecular weight is 204 g/mol. The van der Waals surface area contributed by atoms with E-state index in [9.17, 15) is 0 Å². The molecule has 1 aromatic rings. The molecule has 1 aliphatic rings. The van der Waals surface area contributed by atoms with E-state index in [1.807, 2.05) is 0 Å². The Morgan fingerprint density at radius 3 is 2.73 bits per heavy atom. The monoisotopic (exact) mass is 204 g/mol. The number of nitrogens with zero attached hydrogens (tertiary/aromatic N) is 1. The summed E-state index contributed by atoms with van der Waals surface area (Å²) in [6, 6.07) is 10.7. The van der Waals surface area contributed by atoms with Crippen molar-refractivity contribution in [3.63, 3.8) is 0 Å². The van der Waals surface area contributed by atoms with Crippen LogP contribution in [-0.2, 0) is 0 Å². The van der Waals surface area contributed by atoms with Crippen molar-refractivity contribution in [3.8, 4) is 0 Å². The van der Waals surface area contributed by atoms with Gasteiger partial charge in [-0.05, 0) is 25.5 Å². The van der Waals surface area contributed by atoms with E-state index in [-0.39, 0.29) is 5.54 Å². The first-order valence-electron chi connectivity index (χ1n) is 5.80. The number of nitrogens with one attached hydrogen (secondary N) is 1. The number of rotatable bonds is 2. The molecule has 1 N–H and O–H groups in total. The highest BCUT2D eigenvalue weighted by molar-refractivity contribution is 5.49. The van der Waals surface area contributed by atoms with Gasteiger partial charge in [0.1, 0.15) is 0 Å². The third-order valence-electron chi connectivity index (χ3n) is 3.50. The van der Waals surface area contributed by atoms with Crippen LogP contribution in [0.15, 0.2) is 30.3 Å². The van der Waals surface area contributed by atoms with E-state index < -0.39 is 0 Å². The molecule has 1 saturated heterocycles. The van der Waals surface area contributed by atoms with Crippen LogP contribution in [0.25, 0.3) is 0 Å². The lowest BCUT2D eigenvalue weighted by Gasteiger charge is -2.46. The van der Waals surface area contributed by atoms with Gasteiger partial charge in [-0.1, -0.05) is 25.1 Å². The summed E-state index contributed by atoms with van der Waals surface area (Å²) >= 11 is 0. The highest BCUT2D eigenvalue weighted by Gasteiger charge is 2.32. The van der Waals surface area contributed by atoms with Crippen molar-refractivity contribution >= 4 is 5.69 Å². The minimum Gasteiger partial charge on any atom is -0.364 e. The van der Waals surface area contributed by atoms with Gasteiger partial charge in [0, 0.05) is 30.9 Å². The maximum Gasteiger partial charge on any atom is 0.0496 e. The van der Waals surface area contributed by atoms with E-state index in [2.05, 4.69) is 54.4 Å². The summed E-state index contributed by atoms with van der Waals surface area (Å²) < 4.78 is 0. The lowest BCUT2D eigenvalue weighted by molar-refractivity contribution is 0.342. The SMILES string of the molecule is CCC1(C)CNCCN1c1ccccc1. The van der Waals surface area contributed by atoms with E-state index in [1.165, 1.54) is 12.1 Å². The Morgan fingerprint density at radius 1 is 1.33 bits per heavy atom. The highest BCUT2D eigenvalue weighted by atomic mass is 15.3. The molecule has 15 heavy (non-hydrogen) atoms. The van der Waals surface area contributed by atoms with Gasteiger partial charge in [0.15, 0.2) is 0 Å². The molecule has 0 spiro atoms. The fourth-order valence-corrected chi connectivity index (χ4v) is 2.28. The predicted molar refractivity (Wildman–Crippen MR) is 65.4 cm³/mol. The number of hydrogen-bond acceptors (Lipinski definition) is 2. The third kappa shape index (κ3) is 2.00. The first-order chi connectivity index (χ1) is 7.26. The van der Waals surface area contributed by atoms with E-state index in [4.69, 9.17) is 0 Å². The zero-order valence-electron chi connectivity index (χ0n) is 9.66. The molecular weight excluding hydrogens is 184 g/mol. The Bertz CT molecular complexity index is 310. The molecule has 1 unspecified atom stereocenters. The fraction of sp³-hybridized carbons (Fsp3) is 0.538. The van der Waals surface area contributed by atoms with Gasteiger partial charge in [0.25, 0.3) is 0 Å². The number of anilines is 1. The van der Waals surface area contributed by atoms with Gasteiger partial charge in [-0.15, -0.1) is 0 Å². The van der Waals surface area contributed by atoms with Crippen molar-refractivity contribution in [2.24, 2.45) is 0 Å². The summed E-state index contributed by atoms with van der Waals surface area (Å²) in [6.45, 7) is 7.88. The zero-order chi connectivity index (χ0) is 10.7. The molecule has 0 aliphatic carbocycles. The van der Waals surface area contributed by atoms with Crippen LogP contribution in [0.3, 0.4) is 0 Å². The molecular formula is C13H20N2. The molecule has 2 heteroatoms. The fourth-order valence-electron chi connectivity index (χ4n) is 2.28. The van der Waals surface area contributed by atoms with Crippen LogP contribution in [0.5, 0.6) is 0 Å². The van der Waals surface area contributed by atoms with Crippen molar-refractivity contribution in [2.75, 3.05) is 24.5 Å². The summed E-state index contributed by atoms with van der Waals surface area (Å²) in [7, 11) is 0. The van der Waals surface area contributed by atoms with Gasteiger partial charge in [-0.2, -0.15) is 0 Å². The summed E-state index contributed by atoms with van der Waals surface area (Å²) in [6.07, 6.45) is 1.18. The molecule has 0 saturated carbocycles. The van der Waals surface area contributed by atoms with Crippen molar-refractivity contribution < 1.29 is 0 Å². The van der Waals surface area contributed by atoms with E-state index in [1.54, 1.807) is 0 Å². The molecule has 0 radical (unpaired) electrons. The van der Waals surface area contributed by atoms with Crippen LogP contribution in [-0.4, -0.2) is 25.2 Å². The van der Waals surface area contributed by atoms with Gasteiger partial charge >= 0.3 is 0 Å². The van der Waals surface area contributed by atoms with Crippen LogP contribution in [0.4, 0.5) is 5.69 Å². The van der Waals surface area contributed by atoms with Crippen molar-refractivity contribution in [3.05, 3.63) is 30.3 Å². The molecule has 1 fully saturated rings. The zero-order valence-corrected chi connectivity index (χ0v) is 9.66. The Hall–Kier alpha value is -1.02. The molecule has 1 heterocycles. The first-order valence-corrected chi connectivity index (χ1v) is 5.80. The van der Waals surface area contributed by atoms with Crippen molar-refractivity contribution in [1.29, 1.82) is 0 Å². The maximum atomic E-state index is 3.48. The number of hydrogen-bond donors (Lipinski definition) is 1. The second-order valence-corrected chi connectivity index (χ2v) is 4.51. The number of para-hydroxylation sites is 1. The topological polar surface area (TPSA) is 15.3 Å². The molecule has 1 aromatic carbocycles. The Balaban J connectivity index is 2.26. The van der Waals surface area contributed by atoms with Crippen molar-refractivity contribution in [2.45, 2.75) is 25.8 Å². The van der Waals surface area contributed by atoms with Gasteiger partial charge < -0.3 is 10.2 Å². The normalized spacial score (nSPS) is 26.7.